The van der Waals surface area contributed by atoms with Crippen molar-refractivity contribution in [2.75, 3.05) is 0 Å². The summed E-state index contributed by atoms with van der Waals surface area (Å²) in [6.45, 7) is 0.594. The topological polar surface area (TPSA) is 9.23 Å². The molecular formula is C4H5F5O. The Bertz CT molecular complexity index is 102. The molecule has 0 saturated carbocycles. The van der Waals surface area contributed by atoms with Crippen LogP contribution in [0.1, 0.15) is 6.92 Å². The smallest absolute Gasteiger partial charge is 0.281 e. The molecule has 0 bridgehead atoms. The molecule has 10 heavy (non-hydrogen) atoms. The molecule has 6 heteroatoms. The molecule has 0 aromatic carbocycles. The maximum absolute atomic E-state index is 11.6. The van der Waals surface area contributed by atoms with Crippen LogP contribution in [0.25, 0.3) is 0 Å². The molecule has 0 rings (SSSR count). The summed E-state index contributed by atoms with van der Waals surface area (Å²) >= 11 is 0. The van der Waals surface area contributed by atoms with Crippen molar-refractivity contribution in [2.24, 2.45) is 0 Å². The van der Waals surface area contributed by atoms with Crippen LogP contribution in [-0.4, -0.2) is 18.9 Å². The first kappa shape index (κ1) is 9.61. The van der Waals surface area contributed by atoms with Gasteiger partial charge in [-0.15, -0.1) is 0 Å². The van der Waals surface area contributed by atoms with Crippen LogP contribution in [0.15, 0.2) is 0 Å². The molecule has 0 aromatic rings. The van der Waals surface area contributed by atoms with E-state index in [9.17, 15) is 22.0 Å². The van der Waals surface area contributed by atoms with Crippen LogP contribution in [-0.2, 0) is 4.74 Å². The van der Waals surface area contributed by atoms with Crippen molar-refractivity contribution >= 4 is 0 Å². The third-order valence-corrected chi connectivity index (χ3v) is 0.574. The maximum Gasteiger partial charge on any atom is 0.418 e. The Morgan fingerprint density at radius 2 is 1.60 bits per heavy atom. The third-order valence-electron chi connectivity index (χ3n) is 0.574. The second-order valence-electron chi connectivity index (χ2n) is 1.52. The van der Waals surface area contributed by atoms with Crippen molar-refractivity contribution in [2.45, 2.75) is 25.8 Å². The van der Waals surface area contributed by atoms with Crippen LogP contribution in [0.3, 0.4) is 0 Å². The van der Waals surface area contributed by atoms with Gasteiger partial charge in [0.2, 0.25) is 6.36 Å². The summed E-state index contributed by atoms with van der Waals surface area (Å²) in [7, 11) is 0. The molecular weight excluding hydrogens is 159 g/mol. The Hall–Kier alpha value is -0.390. The summed E-state index contributed by atoms with van der Waals surface area (Å²) in [6, 6.07) is 0. The minimum atomic E-state index is -4.69. The Kier molecular flexibility index (Phi) is 3.01. The zero-order valence-electron chi connectivity index (χ0n) is 4.95. The molecule has 0 aromatic heterocycles. The second-order valence-corrected chi connectivity index (χ2v) is 1.52. The molecule has 0 spiro atoms. The lowest BCUT2D eigenvalue weighted by atomic mass is 10.6. The molecule has 1 atom stereocenters. The number of ether oxygens (including phenoxy) is 1. The van der Waals surface area contributed by atoms with Crippen LogP contribution < -0.4 is 0 Å². The molecule has 0 amide bonds. The largest absolute Gasteiger partial charge is 0.418 e. The SMILES string of the molecule is CC(F)OC(F)(F)C(F)F. The molecule has 0 N–H and O–H groups in total. The van der Waals surface area contributed by atoms with Gasteiger partial charge in [-0.25, -0.2) is 13.2 Å². The van der Waals surface area contributed by atoms with Gasteiger partial charge < -0.3 is 0 Å². The van der Waals surface area contributed by atoms with Crippen LogP contribution in [0, 0.1) is 0 Å². The van der Waals surface area contributed by atoms with Gasteiger partial charge in [-0.2, -0.15) is 8.78 Å². The van der Waals surface area contributed by atoms with E-state index in [1.165, 1.54) is 0 Å². The molecule has 0 aliphatic heterocycles. The van der Waals surface area contributed by atoms with E-state index in [-0.39, 0.29) is 0 Å². The molecule has 0 heterocycles. The number of halogens is 5. The number of rotatable bonds is 3. The molecule has 62 valence electrons. The number of hydrogen-bond acceptors (Lipinski definition) is 1. The van der Waals surface area contributed by atoms with Gasteiger partial charge in [0.25, 0.3) is 0 Å². The molecule has 0 radical (unpaired) electrons. The Labute approximate surface area is 53.8 Å². The molecule has 0 aliphatic carbocycles. The molecule has 0 aliphatic rings. The van der Waals surface area contributed by atoms with Crippen molar-refractivity contribution in [1.82, 2.24) is 0 Å². The van der Waals surface area contributed by atoms with Gasteiger partial charge in [0.15, 0.2) is 0 Å². The fourth-order valence-corrected chi connectivity index (χ4v) is 0.268. The molecule has 1 unspecified atom stereocenters. The van der Waals surface area contributed by atoms with Gasteiger partial charge >= 0.3 is 12.5 Å². The highest BCUT2D eigenvalue weighted by molar-refractivity contribution is 4.54. The van der Waals surface area contributed by atoms with Crippen LogP contribution in [0.4, 0.5) is 22.0 Å². The number of hydrogen-bond donors (Lipinski definition) is 0. The van der Waals surface area contributed by atoms with Crippen molar-refractivity contribution in [3.63, 3.8) is 0 Å². The van der Waals surface area contributed by atoms with Crippen molar-refractivity contribution in [1.29, 1.82) is 0 Å². The average molecular weight is 164 g/mol. The van der Waals surface area contributed by atoms with E-state index in [1.54, 1.807) is 0 Å². The van der Waals surface area contributed by atoms with Crippen LogP contribution >= 0.6 is 0 Å². The summed E-state index contributed by atoms with van der Waals surface area (Å²) in [5.41, 5.74) is 0. The van der Waals surface area contributed by atoms with E-state index >= 15 is 0 Å². The monoisotopic (exact) mass is 164 g/mol. The lowest BCUT2D eigenvalue weighted by Gasteiger charge is -2.15. The predicted molar refractivity (Wildman–Crippen MR) is 22.6 cm³/mol. The molecule has 0 fully saturated rings. The Morgan fingerprint density at radius 1 is 1.20 bits per heavy atom. The van der Waals surface area contributed by atoms with Gasteiger partial charge in [-0.05, 0) is 6.92 Å². The summed E-state index contributed by atoms with van der Waals surface area (Å²) in [5.74, 6) is 0. The van der Waals surface area contributed by atoms with E-state index in [1.807, 2.05) is 0 Å². The fraction of sp³-hybridized carbons (Fsp3) is 1.00. The zero-order valence-corrected chi connectivity index (χ0v) is 4.95. The number of alkyl halides is 5. The Morgan fingerprint density at radius 3 is 1.70 bits per heavy atom. The molecule has 1 nitrogen and oxygen atoms in total. The quantitative estimate of drug-likeness (QED) is 0.581. The third kappa shape index (κ3) is 2.95. The maximum atomic E-state index is 11.6. The second kappa shape index (κ2) is 3.14. The average Bonchev–Trinajstić information content (AvgIpc) is 1.60. The van der Waals surface area contributed by atoms with Gasteiger partial charge in [0.1, 0.15) is 0 Å². The van der Waals surface area contributed by atoms with Gasteiger partial charge in [0.05, 0.1) is 0 Å². The van der Waals surface area contributed by atoms with Crippen LogP contribution in [0.2, 0.25) is 0 Å². The Balaban J connectivity index is 3.87. The standard InChI is InChI=1S/C4H5F5O/c1-2(5)10-4(8,9)3(6)7/h2-3H,1H3. The van der Waals surface area contributed by atoms with E-state index < -0.39 is 18.9 Å². The van der Waals surface area contributed by atoms with Gasteiger partial charge in [-0.3, -0.25) is 4.74 Å². The highest BCUT2D eigenvalue weighted by atomic mass is 19.3. The van der Waals surface area contributed by atoms with E-state index in [2.05, 4.69) is 4.74 Å². The minimum Gasteiger partial charge on any atom is -0.281 e. The van der Waals surface area contributed by atoms with Crippen molar-refractivity contribution in [3.8, 4) is 0 Å². The highest BCUT2D eigenvalue weighted by Gasteiger charge is 2.43. The van der Waals surface area contributed by atoms with Crippen molar-refractivity contribution in [3.05, 3.63) is 0 Å². The summed E-state index contributed by atoms with van der Waals surface area (Å²) in [5, 5.41) is 0. The van der Waals surface area contributed by atoms with Crippen molar-refractivity contribution < 1.29 is 26.7 Å². The lowest BCUT2D eigenvalue weighted by Crippen LogP contribution is -2.32. The predicted octanol–water partition coefficient (Wildman–Crippen LogP) is 2.18. The first-order chi connectivity index (χ1) is 4.36. The fourth-order valence-electron chi connectivity index (χ4n) is 0.268. The van der Waals surface area contributed by atoms with Crippen LogP contribution in [0.5, 0.6) is 0 Å². The van der Waals surface area contributed by atoms with E-state index in [0.717, 1.165) is 0 Å². The minimum absolute atomic E-state index is 0.594. The lowest BCUT2D eigenvalue weighted by molar-refractivity contribution is -0.333. The summed E-state index contributed by atoms with van der Waals surface area (Å²) < 4.78 is 59.9. The summed E-state index contributed by atoms with van der Waals surface area (Å²) in [4.78, 5) is 0. The zero-order chi connectivity index (χ0) is 8.36. The first-order valence-electron chi connectivity index (χ1n) is 2.34. The first-order valence-corrected chi connectivity index (χ1v) is 2.34. The van der Waals surface area contributed by atoms with Gasteiger partial charge in [0, 0.05) is 0 Å². The molecule has 0 saturated heterocycles. The van der Waals surface area contributed by atoms with E-state index in [4.69, 9.17) is 0 Å². The normalized spacial score (nSPS) is 15.9. The van der Waals surface area contributed by atoms with E-state index in [0.29, 0.717) is 6.92 Å². The summed E-state index contributed by atoms with van der Waals surface area (Å²) in [6.07, 6.45) is -11.1. The highest BCUT2D eigenvalue weighted by Crippen LogP contribution is 2.25. The van der Waals surface area contributed by atoms with Gasteiger partial charge in [-0.1, -0.05) is 0 Å².